The minimum Gasteiger partial charge on any atom is -0.496 e. The summed E-state index contributed by atoms with van der Waals surface area (Å²) in [5, 5.41) is 0. The highest BCUT2D eigenvalue weighted by Crippen LogP contribution is 2.45. The molecular weight excluding hydrogens is 240 g/mol. The summed E-state index contributed by atoms with van der Waals surface area (Å²) in [6.45, 7) is 6.02. The van der Waals surface area contributed by atoms with Crippen LogP contribution in [0.2, 0.25) is 0 Å². The zero-order valence-corrected chi connectivity index (χ0v) is 12.4. The molecule has 0 unspecified atom stereocenters. The number of benzene rings is 1. The van der Waals surface area contributed by atoms with Gasteiger partial charge in [-0.05, 0) is 48.8 Å². The van der Waals surface area contributed by atoms with E-state index in [-0.39, 0.29) is 11.2 Å². The van der Waals surface area contributed by atoms with Crippen molar-refractivity contribution in [3.05, 3.63) is 22.8 Å². The lowest BCUT2D eigenvalue weighted by molar-refractivity contribution is 0.101. The van der Waals surface area contributed by atoms with E-state index < -0.39 is 0 Å². The second kappa shape index (κ2) is 4.87. The molecule has 0 saturated heterocycles. The number of rotatable bonds is 3. The van der Waals surface area contributed by atoms with Gasteiger partial charge in [0, 0.05) is 0 Å². The van der Waals surface area contributed by atoms with Crippen molar-refractivity contribution in [3.63, 3.8) is 0 Å². The van der Waals surface area contributed by atoms with Crippen LogP contribution >= 0.6 is 0 Å². The van der Waals surface area contributed by atoms with E-state index in [2.05, 4.69) is 13.8 Å². The molecule has 2 rings (SSSR count). The number of carbonyl (C=O) groups is 1. The fraction of sp³-hybridized carbons (Fsp3) is 0.562. The summed E-state index contributed by atoms with van der Waals surface area (Å²) < 4.78 is 10.9. The monoisotopic (exact) mass is 262 g/mol. The number of ketones is 1. The molecule has 1 aromatic rings. The number of fused-ring (bicyclic) bond motifs is 1. The first-order valence-corrected chi connectivity index (χ1v) is 6.71. The number of methoxy groups -OCH3 is 2. The molecule has 0 amide bonds. The Hall–Kier alpha value is -1.51. The molecule has 104 valence electrons. The number of ether oxygens (including phenoxy) is 2. The Balaban J connectivity index is 2.78. The van der Waals surface area contributed by atoms with Crippen molar-refractivity contribution >= 4 is 5.78 Å². The summed E-state index contributed by atoms with van der Waals surface area (Å²) in [7, 11) is 3.23. The molecule has 19 heavy (non-hydrogen) atoms. The largest absolute Gasteiger partial charge is 0.496 e. The smallest absolute Gasteiger partial charge is 0.167 e. The van der Waals surface area contributed by atoms with E-state index in [0.717, 1.165) is 19.3 Å². The Morgan fingerprint density at radius 1 is 1.26 bits per heavy atom. The number of carbonyl (C=O) groups excluding carboxylic acids is 1. The van der Waals surface area contributed by atoms with Crippen LogP contribution in [0.4, 0.5) is 0 Å². The van der Waals surface area contributed by atoms with Crippen LogP contribution in [0.3, 0.4) is 0 Å². The first-order chi connectivity index (χ1) is 8.92. The van der Waals surface area contributed by atoms with Gasteiger partial charge in [0.15, 0.2) is 5.78 Å². The fourth-order valence-corrected chi connectivity index (χ4v) is 3.09. The first-order valence-electron chi connectivity index (χ1n) is 6.71. The van der Waals surface area contributed by atoms with Crippen molar-refractivity contribution in [3.8, 4) is 11.5 Å². The van der Waals surface area contributed by atoms with Crippen molar-refractivity contribution in [2.45, 2.75) is 45.4 Å². The average molecular weight is 262 g/mol. The highest BCUT2D eigenvalue weighted by atomic mass is 16.5. The second-order valence-electron chi connectivity index (χ2n) is 5.81. The average Bonchev–Trinajstić information content (AvgIpc) is 2.36. The standard InChI is InChI=1S/C16H22O3/c1-10(17)14-13(18-4)9-12-11(15(14)19-5)7-6-8-16(12,2)3/h9H,6-8H2,1-5H3. The van der Waals surface area contributed by atoms with Crippen LogP contribution < -0.4 is 9.47 Å². The van der Waals surface area contributed by atoms with E-state index in [1.54, 1.807) is 21.1 Å². The minimum atomic E-state index is -0.0140. The Labute approximate surface area is 114 Å². The summed E-state index contributed by atoms with van der Waals surface area (Å²) in [6.07, 6.45) is 3.23. The molecular formula is C16H22O3. The van der Waals surface area contributed by atoms with Crippen LogP contribution in [0.5, 0.6) is 11.5 Å². The Morgan fingerprint density at radius 3 is 2.47 bits per heavy atom. The third-order valence-electron chi connectivity index (χ3n) is 4.08. The lowest BCUT2D eigenvalue weighted by atomic mass is 9.72. The van der Waals surface area contributed by atoms with Gasteiger partial charge >= 0.3 is 0 Å². The van der Waals surface area contributed by atoms with Crippen molar-refractivity contribution in [1.82, 2.24) is 0 Å². The van der Waals surface area contributed by atoms with Crippen LogP contribution in [0.15, 0.2) is 6.07 Å². The van der Waals surface area contributed by atoms with Crippen LogP contribution in [0, 0.1) is 0 Å². The van der Waals surface area contributed by atoms with E-state index >= 15 is 0 Å². The van der Waals surface area contributed by atoms with Crippen molar-refractivity contribution in [1.29, 1.82) is 0 Å². The third kappa shape index (κ3) is 2.22. The van der Waals surface area contributed by atoms with Crippen LogP contribution in [-0.2, 0) is 11.8 Å². The van der Waals surface area contributed by atoms with E-state index in [1.165, 1.54) is 11.1 Å². The molecule has 3 heteroatoms. The summed E-state index contributed by atoms with van der Waals surface area (Å²) in [6, 6.07) is 2.02. The molecule has 0 radical (unpaired) electrons. The van der Waals surface area contributed by atoms with Gasteiger partial charge in [-0.3, -0.25) is 4.79 Å². The fourth-order valence-electron chi connectivity index (χ4n) is 3.09. The second-order valence-corrected chi connectivity index (χ2v) is 5.81. The molecule has 0 fully saturated rings. The SMILES string of the molecule is COc1cc2c(c(OC)c1C(C)=O)CCCC2(C)C. The Kier molecular flexibility index (Phi) is 3.57. The van der Waals surface area contributed by atoms with Crippen LogP contribution in [0.1, 0.15) is 55.1 Å². The highest BCUT2D eigenvalue weighted by Gasteiger charge is 2.33. The molecule has 0 aromatic heterocycles. The summed E-state index contributed by atoms with van der Waals surface area (Å²) >= 11 is 0. The Morgan fingerprint density at radius 2 is 1.95 bits per heavy atom. The zero-order chi connectivity index (χ0) is 14.2. The number of hydrogen-bond donors (Lipinski definition) is 0. The van der Waals surface area contributed by atoms with Gasteiger partial charge < -0.3 is 9.47 Å². The highest BCUT2D eigenvalue weighted by molar-refractivity contribution is 6.00. The van der Waals surface area contributed by atoms with E-state index in [9.17, 15) is 4.79 Å². The van der Waals surface area contributed by atoms with Crippen molar-refractivity contribution in [2.24, 2.45) is 0 Å². The molecule has 1 aliphatic rings. The minimum absolute atomic E-state index is 0.0140. The van der Waals surface area contributed by atoms with Gasteiger partial charge in [0.2, 0.25) is 0 Å². The molecule has 1 aliphatic carbocycles. The molecule has 0 aliphatic heterocycles. The Bertz CT molecular complexity index is 515. The van der Waals surface area contributed by atoms with Gasteiger partial charge in [0.1, 0.15) is 17.1 Å². The summed E-state index contributed by atoms with van der Waals surface area (Å²) in [4.78, 5) is 11.9. The molecule has 0 bridgehead atoms. The molecule has 0 atom stereocenters. The molecule has 0 spiro atoms. The lowest BCUT2D eigenvalue weighted by Gasteiger charge is -2.34. The zero-order valence-electron chi connectivity index (χ0n) is 12.4. The van der Waals surface area contributed by atoms with Gasteiger partial charge in [0.05, 0.1) is 14.2 Å². The lowest BCUT2D eigenvalue weighted by Crippen LogP contribution is -2.25. The van der Waals surface area contributed by atoms with Gasteiger partial charge in [0.25, 0.3) is 0 Å². The quantitative estimate of drug-likeness (QED) is 0.782. The van der Waals surface area contributed by atoms with Crippen LogP contribution in [0.25, 0.3) is 0 Å². The number of hydrogen-bond acceptors (Lipinski definition) is 3. The molecule has 0 N–H and O–H groups in total. The van der Waals surface area contributed by atoms with E-state index in [0.29, 0.717) is 17.1 Å². The normalized spacial score (nSPS) is 16.7. The maximum absolute atomic E-state index is 11.9. The van der Waals surface area contributed by atoms with Crippen LogP contribution in [-0.4, -0.2) is 20.0 Å². The van der Waals surface area contributed by atoms with Gasteiger partial charge in [-0.25, -0.2) is 0 Å². The predicted molar refractivity (Wildman–Crippen MR) is 75.5 cm³/mol. The predicted octanol–water partition coefficient (Wildman–Crippen LogP) is 3.52. The van der Waals surface area contributed by atoms with Gasteiger partial charge in [-0.15, -0.1) is 0 Å². The maximum atomic E-state index is 11.9. The first kappa shape index (κ1) is 13.9. The molecule has 1 aromatic carbocycles. The van der Waals surface area contributed by atoms with Crippen molar-refractivity contribution in [2.75, 3.05) is 14.2 Å². The van der Waals surface area contributed by atoms with Crippen molar-refractivity contribution < 1.29 is 14.3 Å². The maximum Gasteiger partial charge on any atom is 0.167 e. The third-order valence-corrected chi connectivity index (χ3v) is 4.08. The number of Topliss-reactive ketones (excluding diaryl/α,β-unsaturated/α-hetero) is 1. The van der Waals surface area contributed by atoms with E-state index in [4.69, 9.17) is 9.47 Å². The molecule has 0 heterocycles. The molecule has 3 nitrogen and oxygen atoms in total. The summed E-state index contributed by atoms with van der Waals surface area (Å²) in [5.74, 6) is 1.31. The molecule has 0 saturated carbocycles. The van der Waals surface area contributed by atoms with Gasteiger partial charge in [-0.2, -0.15) is 0 Å². The van der Waals surface area contributed by atoms with E-state index in [1.807, 2.05) is 6.07 Å². The topological polar surface area (TPSA) is 35.5 Å². The van der Waals surface area contributed by atoms with Gasteiger partial charge in [-0.1, -0.05) is 13.8 Å². The summed E-state index contributed by atoms with van der Waals surface area (Å²) in [5.41, 5.74) is 3.09.